The first kappa shape index (κ1) is 14.1. The van der Waals surface area contributed by atoms with E-state index in [4.69, 9.17) is 9.47 Å². The average Bonchev–Trinajstić information content (AvgIpc) is 2.48. The van der Waals surface area contributed by atoms with Crippen LogP contribution < -0.4 is 9.47 Å². The van der Waals surface area contributed by atoms with Crippen LogP contribution in [0.2, 0.25) is 0 Å². The first-order valence-electron chi connectivity index (χ1n) is 6.39. The Morgan fingerprint density at radius 3 is 2.10 bits per heavy atom. The molecule has 0 radical (unpaired) electrons. The SMILES string of the molecule is COc1cc(C=O)c(-c2ccc(C)c(C)c2)cc1OC. The van der Waals surface area contributed by atoms with Crippen LogP contribution in [0.3, 0.4) is 0 Å². The molecule has 0 atom stereocenters. The van der Waals surface area contributed by atoms with Gasteiger partial charge in [-0.25, -0.2) is 0 Å². The Bertz CT molecular complexity index is 645. The molecule has 0 saturated carbocycles. The maximum atomic E-state index is 11.3. The van der Waals surface area contributed by atoms with Gasteiger partial charge in [0, 0.05) is 5.56 Å². The second-order valence-corrected chi connectivity index (χ2v) is 4.71. The molecule has 0 saturated heterocycles. The highest BCUT2D eigenvalue weighted by atomic mass is 16.5. The van der Waals surface area contributed by atoms with E-state index in [1.807, 2.05) is 12.1 Å². The van der Waals surface area contributed by atoms with Crippen molar-refractivity contribution >= 4 is 6.29 Å². The number of ether oxygens (including phenoxy) is 2. The van der Waals surface area contributed by atoms with E-state index in [0.29, 0.717) is 17.1 Å². The number of aryl methyl sites for hydroxylation is 2. The number of benzene rings is 2. The van der Waals surface area contributed by atoms with Crippen molar-refractivity contribution in [2.75, 3.05) is 14.2 Å². The summed E-state index contributed by atoms with van der Waals surface area (Å²) in [5.74, 6) is 1.17. The third kappa shape index (κ3) is 2.52. The molecule has 3 nitrogen and oxygen atoms in total. The van der Waals surface area contributed by atoms with Gasteiger partial charge in [-0.15, -0.1) is 0 Å². The summed E-state index contributed by atoms with van der Waals surface area (Å²) in [6, 6.07) is 9.68. The van der Waals surface area contributed by atoms with Crippen LogP contribution in [0.15, 0.2) is 30.3 Å². The number of hydrogen-bond acceptors (Lipinski definition) is 3. The predicted molar refractivity (Wildman–Crippen MR) is 79.8 cm³/mol. The minimum Gasteiger partial charge on any atom is -0.493 e. The molecule has 0 N–H and O–H groups in total. The molecule has 2 aromatic rings. The fraction of sp³-hybridized carbons (Fsp3) is 0.235. The van der Waals surface area contributed by atoms with Gasteiger partial charge in [-0.3, -0.25) is 4.79 Å². The van der Waals surface area contributed by atoms with E-state index in [0.717, 1.165) is 17.4 Å². The van der Waals surface area contributed by atoms with Crippen LogP contribution >= 0.6 is 0 Å². The van der Waals surface area contributed by atoms with E-state index in [1.54, 1.807) is 20.3 Å². The van der Waals surface area contributed by atoms with Crippen molar-refractivity contribution < 1.29 is 14.3 Å². The van der Waals surface area contributed by atoms with Gasteiger partial charge in [-0.05, 0) is 48.2 Å². The Hall–Kier alpha value is -2.29. The molecule has 0 bridgehead atoms. The molecule has 0 aliphatic heterocycles. The normalized spacial score (nSPS) is 10.2. The number of rotatable bonds is 4. The Balaban J connectivity index is 2.65. The van der Waals surface area contributed by atoms with Gasteiger partial charge in [0.25, 0.3) is 0 Å². The van der Waals surface area contributed by atoms with Crippen molar-refractivity contribution in [3.05, 3.63) is 47.0 Å². The van der Waals surface area contributed by atoms with Gasteiger partial charge in [-0.2, -0.15) is 0 Å². The molecule has 3 heteroatoms. The fourth-order valence-electron chi connectivity index (χ4n) is 2.15. The Kier molecular flexibility index (Phi) is 4.08. The fourth-order valence-corrected chi connectivity index (χ4v) is 2.15. The quantitative estimate of drug-likeness (QED) is 0.793. The molecule has 2 aromatic carbocycles. The number of carbonyl (C=O) groups is 1. The van der Waals surface area contributed by atoms with E-state index in [1.165, 1.54) is 11.1 Å². The zero-order chi connectivity index (χ0) is 14.7. The topological polar surface area (TPSA) is 35.5 Å². The maximum absolute atomic E-state index is 11.3. The van der Waals surface area contributed by atoms with Crippen molar-refractivity contribution in [3.63, 3.8) is 0 Å². The van der Waals surface area contributed by atoms with Crippen LogP contribution in [0.4, 0.5) is 0 Å². The van der Waals surface area contributed by atoms with Crippen molar-refractivity contribution in [1.29, 1.82) is 0 Å². The van der Waals surface area contributed by atoms with Crippen LogP contribution in [0, 0.1) is 13.8 Å². The van der Waals surface area contributed by atoms with Crippen LogP contribution in [-0.2, 0) is 0 Å². The lowest BCUT2D eigenvalue weighted by Gasteiger charge is -2.13. The van der Waals surface area contributed by atoms with E-state index in [-0.39, 0.29) is 0 Å². The number of aldehydes is 1. The molecule has 0 amide bonds. The molecular formula is C17H18O3. The number of hydrogen-bond donors (Lipinski definition) is 0. The summed E-state index contributed by atoms with van der Waals surface area (Å²) in [7, 11) is 3.14. The second kappa shape index (κ2) is 5.78. The molecule has 0 aliphatic rings. The van der Waals surface area contributed by atoms with Crippen molar-refractivity contribution in [2.24, 2.45) is 0 Å². The highest BCUT2D eigenvalue weighted by Gasteiger charge is 2.12. The number of methoxy groups -OCH3 is 2. The lowest BCUT2D eigenvalue weighted by Crippen LogP contribution is -1.96. The molecule has 20 heavy (non-hydrogen) atoms. The Morgan fingerprint density at radius 1 is 0.900 bits per heavy atom. The molecule has 0 aliphatic carbocycles. The van der Waals surface area contributed by atoms with Gasteiger partial charge in [0.05, 0.1) is 14.2 Å². The monoisotopic (exact) mass is 270 g/mol. The van der Waals surface area contributed by atoms with Crippen molar-refractivity contribution in [1.82, 2.24) is 0 Å². The minimum absolute atomic E-state index is 0.558. The Labute approximate surface area is 119 Å². The third-order valence-corrected chi connectivity index (χ3v) is 3.50. The van der Waals surface area contributed by atoms with Crippen LogP contribution in [0.25, 0.3) is 11.1 Å². The summed E-state index contributed by atoms with van der Waals surface area (Å²) >= 11 is 0. The maximum Gasteiger partial charge on any atom is 0.161 e. The first-order chi connectivity index (χ1) is 9.60. The molecule has 0 unspecified atom stereocenters. The van der Waals surface area contributed by atoms with Crippen molar-refractivity contribution in [3.8, 4) is 22.6 Å². The van der Waals surface area contributed by atoms with Crippen LogP contribution in [-0.4, -0.2) is 20.5 Å². The molecule has 0 aromatic heterocycles. The van der Waals surface area contributed by atoms with Gasteiger partial charge >= 0.3 is 0 Å². The summed E-state index contributed by atoms with van der Waals surface area (Å²) in [5, 5.41) is 0. The van der Waals surface area contributed by atoms with E-state index in [9.17, 15) is 4.79 Å². The molecule has 0 spiro atoms. The summed E-state index contributed by atoms with van der Waals surface area (Å²) < 4.78 is 10.5. The largest absolute Gasteiger partial charge is 0.493 e. The summed E-state index contributed by atoms with van der Waals surface area (Å²) in [5.41, 5.74) is 4.85. The zero-order valence-corrected chi connectivity index (χ0v) is 12.2. The lowest BCUT2D eigenvalue weighted by molar-refractivity contribution is 0.112. The van der Waals surface area contributed by atoms with Gasteiger partial charge in [0.15, 0.2) is 17.8 Å². The van der Waals surface area contributed by atoms with Crippen molar-refractivity contribution in [2.45, 2.75) is 13.8 Å². The van der Waals surface area contributed by atoms with Gasteiger partial charge < -0.3 is 9.47 Å². The van der Waals surface area contributed by atoms with Gasteiger partial charge in [-0.1, -0.05) is 18.2 Å². The summed E-state index contributed by atoms with van der Waals surface area (Å²) in [6.45, 7) is 4.12. The minimum atomic E-state index is 0.558. The van der Waals surface area contributed by atoms with Crippen LogP contribution in [0.5, 0.6) is 11.5 Å². The lowest BCUT2D eigenvalue weighted by atomic mass is 9.96. The highest BCUT2D eigenvalue weighted by molar-refractivity contribution is 5.89. The molecule has 0 fully saturated rings. The van der Waals surface area contributed by atoms with E-state index < -0.39 is 0 Å². The molecule has 0 heterocycles. The predicted octanol–water partition coefficient (Wildman–Crippen LogP) is 3.80. The smallest absolute Gasteiger partial charge is 0.161 e. The third-order valence-electron chi connectivity index (χ3n) is 3.50. The summed E-state index contributed by atoms with van der Waals surface area (Å²) in [6.07, 6.45) is 0.840. The average molecular weight is 270 g/mol. The Morgan fingerprint density at radius 2 is 1.55 bits per heavy atom. The molecular weight excluding hydrogens is 252 g/mol. The number of carbonyl (C=O) groups excluding carboxylic acids is 1. The van der Waals surface area contributed by atoms with E-state index in [2.05, 4.69) is 26.0 Å². The van der Waals surface area contributed by atoms with Gasteiger partial charge in [0.2, 0.25) is 0 Å². The molecule has 104 valence electrons. The first-order valence-corrected chi connectivity index (χ1v) is 6.39. The molecule has 2 rings (SSSR count). The summed E-state index contributed by atoms with van der Waals surface area (Å²) in [4.78, 5) is 11.3. The van der Waals surface area contributed by atoms with E-state index >= 15 is 0 Å². The highest BCUT2D eigenvalue weighted by Crippen LogP contribution is 2.35. The second-order valence-electron chi connectivity index (χ2n) is 4.71. The zero-order valence-electron chi connectivity index (χ0n) is 12.2. The van der Waals surface area contributed by atoms with Gasteiger partial charge in [0.1, 0.15) is 0 Å². The van der Waals surface area contributed by atoms with Crippen LogP contribution in [0.1, 0.15) is 21.5 Å². The standard InChI is InChI=1S/C17H18O3/c1-11-5-6-13(7-12(11)2)15-9-17(20-4)16(19-3)8-14(15)10-18/h5-10H,1-4H3.